The summed E-state index contributed by atoms with van der Waals surface area (Å²) in [5, 5.41) is 0. The van der Waals surface area contributed by atoms with E-state index in [1.807, 2.05) is 12.1 Å². The van der Waals surface area contributed by atoms with E-state index in [9.17, 15) is 0 Å². The van der Waals surface area contributed by atoms with Crippen molar-refractivity contribution < 1.29 is 4.74 Å². The molecule has 0 saturated carbocycles. The van der Waals surface area contributed by atoms with Gasteiger partial charge in [-0.2, -0.15) is 0 Å². The van der Waals surface area contributed by atoms with Gasteiger partial charge in [0, 0.05) is 11.8 Å². The van der Waals surface area contributed by atoms with Crippen LogP contribution in [-0.2, 0) is 0 Å². The van der Waals surface area contributed by atoms with Crippen LogP contribution in [0, 0.1) is 13.8 Å². The minimum absolute atomic E-state index is 0.192. The molecule has 0 saturated heterocycles. The second kappa shape index (κ2) is 5.19. The van der Waals surface area contributed by atoms with Crippen molar-refractivity contribution in [1.29, 1.82) is 0 Å². The first kappa shape index (κ1) is 12.6. The molecule has 3 nitrogen and oxygen atoms in total. The van der Waals surface area contributed by atoms with E-state index in [1.165, 1.54) is 11.1 Å². The van der Waals surface area contributed by atoms with E-state index in [4.69, 9.17) is 10.5 Å². The molecular formula is C15H18N2O. The summed E-state index contributed by atoms with van der Waals surface area (Å²) in [4.78, 5) is 4.05. The second-order valence-corrected chi connectivity index (χ2v) is 4.38. The molecule has 1 unspecified atom stereocenters. The molecule has 1 heterocycles. The predicted molar refractivity (Wildman–Crippen MR) is 72.7 cm³/mol. The average Bonchev–Trinajstić information content (AvgIpc) is 2.41. The first-order valence-electron chi connectivity index (χ1n) is 5.94. The van der Waals surface area contributed by atoms with Gasteiger partial charge in [-0.25, -0.2) is 0 Å². The lowest BCUT2D eigenvalue weighted by atomic mass is 9.93. The van der Waals surface area contributed by atoms with E-state index >= 15 is 0 Å². The summed E-state index contributed by atoms with van der Waals surface area (Å²) in [7, 11) is 1.64. The Morgan fingerprint density at radius 2 is 1.94 bits per heavy atom. The van der Waals surface area contributed by atoms with Crippen molar-refractivity contribution in [1.82, 2.24) is 4.98 Å². The molecule has 1 aromatic carbocycles. The monoisotopic (exact) mass is 242 g/mol. The van der Waals surface area contributed by atoms with Gasteiger partial charge in [0.2, 0.25) is 0 Å². The summed E-state index contributed by atoms with van der Waals surface area (Å²) < 4.78 is 5.32. The summed E-state index contributed by atoms with van der Waals surface area (Å²) in [6.07, 6.45) is 3.43. The molecule has 18 heavy (non-hydrogen) atoms. The minimum atomic E-state index is -0.192. The molecule has 0 aliphatic rings. The Labute approximate surface area is 108 Å². The number of nitrogens with two attached hydrogens (primary N) is 1. The molecule has 0 aliphatic heterocycles. The van der Waals surface area contributed by atoms with Crippen LogP contribution in [-0.4, -0.2) is 12.1 Å². The largest absolute Gasteiger partial charge is 0.495 e. The fraction of sp³-hybridized carbons (Fsp3) is 0.267. The molecule has 0 fully saturated rings. The van der Waals surface area contributed by atoms with Crippen molar-refractivity contribution in [3.8, 4) is 5.75 Å². The van der Waals surface area contributed by atoms with Crippen LogP contribution in [0.1, 0.15) is 28.3 Å². The summed E-state index contributed by atoms with van der Waals surface area (Å²) in [6, 6.07) is 7.90. The van der Waals surface area contributed by atoms with Gasteiger partial charge in [-0.3, -0.25) is 4.98 Å². The molecule has 0 aliphatic carbocycles. The fourth-order valence-electron chi connectivity index (χ4n) is 2.10. The fourth-order valence-corrected chi connectivity index (χ4v) is 2.10. The van der Waals surface area contributed by atoms with Gasteiger partial charge in [0.15, 0.2) is 0 Å². The number of benzene rings is 1. The molecule has 1 atom stereocenters. The summed E-state index contributed by atoms with van der Waals surface area (Å²) in [6.45, 7) is 4.19. The second-order valence-electron chi connectivity index (χ2n) is 4.38. The van der Waals surface area contributed by atoms with Gasteiger partial charge in [-0.05, 0) is 36.6 Å². The highest BCUT2D eigenvalue weighted by atomic mass is 16.5. The maximum Gasteiger partial charge on any atom is 0.142 e. The lowest BCUT2D eigenvalue weighted by molar-refractivity contribution is 0.406. The van der Waals surface area contributed by atoms with E-state index in [1.54, 1.807) is 19.5 Å². The third kappa shape index (κ3) is 2.22. The van der Waals surface area contributed by atoms with Crippen molar-refractivity contribution in [3.63, 3.8) is 0 Å². The first-order valence-corrected chi connectivity index (χ1v) is 5.94. The number of rotatable bonds is 3. The number of nitrogens with zero attached hydrogens (tertiary/aromatic N) is 1. The van der Waals surface area contributed by atoms with Gasteiger partial charge in [0.25, 0.3) is 0 Å². The normalized spacial score (nSPS) is 12.2. The van der Waals surface area contributed by atoms with Gasteiger partial charge in [-0.15, -0.1) is 0 Å². The lowest BCUT2D eigenvalue weighted by Gasteiger charge is -2.18. The van der Waals surface area contributed by atoms with Crippen LogP contribution >= 0.6 is 0 Å². The third-order valence-electron chi connectivity index (χ3n) is 3.35. The number of hydrogen-bond acceptors (Lipinski definition) is 3. The predicted octanol–water partition coefficient (Wildman–Crippen LogP) is 2.76. The third-order valence-corrected chi connectivity index (χ3v) is 3.35. The zero-order valence-corrected chi connectivity index (χ0v) is 11.0. The van der Waals surface area contributed by atoms with E-state index in [2.05, 4.69) is 31.0 Å². The maximum absolute atomic E-state index is 6.35. The summed E-state index contributed by atoms with van der Waals surface area (Å²) >= 11 is 0. The molecule has 2 aromatic rings. The SMILES string of the molecule is COc1cnccc1C(N)c1cccc(C)c1C. The Bertz CT molecular complexity index is 552. The minimum Gasteiger partial charge on any atom is -0.495 e. The number of pyridine rings is 1. The zero-order valence-electron chi connectivity index (χ0n) is 11.0. The van der Waals surface area contributed by atoms with E-state index in [0.29, 0.717) is 0 Å². The van der Waals surface area contributed by atoms with Gasteiger partial charge in [0.05, 0.1) is 19.3 Å². The number of ether oxygens (including phenoxy) is 1. The number of aryl methyl sites for hydroxylation is 1. The highest BCUT2D eigenvalue weighted by molar-refractivity contribution is 5.44. The zero-order chi connectivity index (χ0) is 13.1. The molecule has 3 heteroatoms. The molecule has 94 valence electrons. The van der Waals surface area contributed by atoms with Crippen LogP contribution in [0.2, 0.25) is 0 Å². The van der Waals surface area contributed by atoms with Crippen LogP contribution in [0.5, 0.6) is 5.75 Å². The van der Waals surface area contributed by atoms with Crippen molar-refractivity contribution >= 4 is 0 Å². The van der Waals surface area contributed by atoms with Gasteiger partial charge >= 0.3 is 0 Å². The Balaban J connectivity index is 2.48. The molecule has 0 bridgehead atoms. The standard InChI is InChI=1S/C15H18N2O/c1-10-5-4-6-12(11(10)2)15(16)13-7-8-17-9-14(13)18-3/h4-9,15H,16H2,1-3H3. The van der Waals surface area contributed by atoms with Crippen molar-refractivity contribution in [3.05, 3.63) is 58.9 Å². The average molecular weight is 242 g/mol. The van der Waals surface area contributed by atoms with Crippen molar-refractivity contribution in [2.45, 2.75) is 19.9 Å². The molecule has 0 spiro atoms. The van der Waals surface area contributed by atoms with Gasteiger partial charge in [-0.1, -0.05) is 18.2 Å². The Morgan fingerprint density at radius 1 is 1.17 bits per heavy atom. The van der Waals surface area contributed by atoms with Gasteiger partial charge in [0.1, 0.15) is 5.75 Å². The van der Waals surface area contributed by atoms with Crippen molar-refractivity contribution in [2.75, 3.05) is 7.11 Å². The number of aromatic nitrogens is 1. The molecule has 1 aromatic heterocycles. The Kier molecular flexibility index (Phi) is 3.63. The highest BCUT2D eigenvalue weighted by Gasteiger charge is 2.16. The molecule has 0 amide bonds. The maximum atomic E-state index is 6.35. The quantitative estimate of drug-likeness (QED) is 0.900. The molecular weight excluding hydrogens is 224 g/mol. The van der Waals surface area contributed by atoms with Gasteiger partial charge < -0.3 is 10.5 Å². The van der Waals surface area contributed by atoms with E-state index in [-0.39, 0.29) is 6.04 Å². The molecule has 0 radical (unpaired) electrons. The van der Waals surface area contributed by atoms with E-state index in [0.717, 1.165) is 16.9 Å². The van der Waals surface area contributed by atoms with Crippen LogP contribution in [0.3, 0.4) is 0 Å². The summed E-state index contributed by atoms with van der Waals surface area (Å²) in [5.74, 6) is 0.728. The van der Waals surface area contributed by atoms with Crippen molar-refractivity contribution in [2.24, 2.45) is 5.73 Å². The molecule has 2 rings (SSSR count). The topological polar surface area (TPSA) is 48.1 Å². The smallest absolute Gasteiger partial charge is 0.142 e. The van der Waals surface area contributed by atoms with E-state index < -0.39 is 0 Å². The summed E-state index contributed by atoms with van der Waals surface area (Å²) in [5.41, 5.74) is 10.9. The first-order chi connectivity index (χ1) is 8.65. The Morgan fingerprint density at radius 3 is 2.67 bits per heavy atom. The van der Waals surface area contributed by atoms with Crippen LogP contribution in [0.25, 0.3) is 0 Å². The van der Waals surface area contributed by atoms with Crippen LogP contribution < -0.4 is 10.5 Å². The highest BCUT2D eigenvalue weighted by Crippen LogP contribution is 2.29. The van der Waals surface area contributed by atoms with Crippen LogP contribution in [0.4, 0.5) is 0 Å². The number of methoxy groups -OCH3 is 1. The Hall–Kier alpha value is -1.87. The lowest BCUT2D eigenvalue weighted by Crippen LogP contribution is -2.15. The van der Waals surface area contributed by atoms with Crippen LogP contribution in [0.15, 0.2) is 36.7 Å². The molecule has 2 N–H and O–H groups in total. The number of hydrogen-bond donors (Lipinski definition) is 1.